The second kappa shape index (κ2) is 12.6. The molecular weight excluding hydrogens is 562 g/mol. The van der Waals surface area contributed by atoms with E-state index in [1.54, 1.807) is 6.08 Å². The molecule has 180 valence electrons. The number of amides is 1. The van der Waals surface area contributed by atoms with Gasteiger partial charge in [-0.1, -0.05) is 53.8 Å². The highest BCUT2D eigenvalue weighted by Gasteiger charge is 2.31. The average molecular weight is 585 g/mol. The van der Waals surface area contributed by atoms with Gasteiger partial charge in [-0.05, 0) is 59.1 Å². The maximum absolute atomic E-state index is 12.9. The standard InChI is InChI=1S/C24H23BrClNO5S2/c1-3-31-19-12-15(11-17(25)22(19)32-14-16-7-4-5-8-18(16)26)13-20-23(29)27(24(33)34-20)10-6-9-21(28)30-2/h4-5,7-8,11-13H,3,6,9-10,14H2,1-2H3/b20-13-. The minimum absolute atomic E-state index is 0.187. The minimum Gasteiger partial charge on any atom is -0.490 e. The monoisotopic (exact) mass is 583 g/mol. The van der Waals surface area contributed by atoms with Crippen LogP contribution in [0.4, 0.5) is 0 Å². The molecule has 0 saturated carbocycles. The number of methoxy groups -OCH3 is 1. The Morgan fingerprint density at radius 2 is 2.03 bits per heavy atom. The zero-order chi connectivity index (χ0) is 24.7. The van der Waals surface area contributed by atoms with Crippen molar-refractivity contribution in [3.8, 4) is 11.5 Å². The molecule has 1 heterocycles. The van der Waals surface area contributed by atoms with Gasteiger partial charge in [-0.3, -0.25) is 14.5 Å². The Hall–Kier alpha value is -2.07. The Labute approximate surface area is 221 Å². The summed E-state index contributed by atoms with van der Waals surface area (Å²) in [7, 11) is 1.34. The van der Waals surface area contributed by atoms with Crippen LogP contribution in [-0.2, 0) is 20.9 Å². The van der Waals surface area contributed by atoms with E-state index in [2.05, 4.69) is 20.7 Å². The predicted molar refractivity (Wildman–Crippen MR) is 142 cm³/mol. The second-order valence-electron chi connectivity index (χ2n) is 7.16. The summed E-state index contributed by atoms with van der Waals surface area (Å²) >= 11 is 16.4. The summed E-state index contributed by atoms with van der Waals surface area (Å²) in [5, 5.41) is 0.627. The van der Waals surface area contributed by atoms with E-state index in [-0.39, 0.29) is 24.9 Å². The lowest BCUT2D eigenvalue weighted by atomic mass is 10.1. The fraction of sp³-hybridized carbons (Fsp3) is 0.292. The predicted octanol–water partition coefficient (Wildman–Crippen LogP) is 6.23. The van der Waals surface area contributed by atoms with Gasteiger partial charge in [-0.25, -0.2) is 0 Å². The van der Waals surface area contributed by atoms with Crippen molar-refractivity contribution in [1.29, 1.82) is 0 Å². The van der Waals surface area contributed by atoms with Crippen LogP contribution in [0.3, 0.4) is 0 Å². The van der Waals surface area contributed by atoms with E-state index in [1.807, 2.05) is 43.3 Å². The van der Waals surface area contributed by atoms with E-state index in [9.17, 15) is 9.59 Å². The third-order valence-electron chi connectivity index (χ3n) is 4.82. The molecule has 1 aliphatic rings. The molecule has 0 radical (unpaired) electrons. The van der Waals surface area contributed by atoms with Gasteiger partial charge in [-0.2, -0.15) is 0 Å². The molecule has 0 aliphatic carbocycles. The highest BCUT2D eigenvalue weighted by Crippen LogP contribution is 2.40. The molecule has 1 amide bonds. The molecule has 0 spiro atoms. The van der Waals surface area contributed by atoms with Crippen LogP contribution >= 0.6 is 51.5 Å². The number of esters is 1. The zero-order valence-electron chi connectivity index (χ0n) is 18.6. The molecule has 1 aliphatic heterocycles. The van der Waals surface area contributed by atoms with Gasteiger partial charge < -0.3 is 14.2 Å². The quantitative estimate of drug-likeness (QED) is 0.186. The summed E-state index contributed by atoms with van der Waals surface area (Å²) < 4.78 is 17.6. The van der Waals surface area contributed by atoms with Crippen LogP contribution < -0.4 is 9.47 Å². The van der Waals surface area contributed by atoms with Gasteiger partial charge in [-0.15, -0.1) is 0 Å². The first-order valence-electron chi connectivity index (χ1n) is 10.5. The first-order valence-corrected chi connectivity index (χ1v) is 12.9. The molecule has 1 saturated heterocycles. The van der Waals surface area contributed by atoms with Crippen molar-refractivity contribution in [2.24, 2.45) is 0 Å². The van der Waals surface area contributed by atoms with Crippen LogP contribution in [-0.4, -0.2) is 41.4 Å². The topological polar surface area (TPSA) is 65.1 Å². The number of halogens is 2. The van der Waals surface area contributed by atoms with Crippen LogP contribution in [0.5, 0.6) is 11.5 Å². The third kappa shape index (κ3) is 6.75. The van der Waals surface area contributed by atoms with Crippen molar-refractivity contribution >= 4 is 73.8 Å². The number of benzene rings is 2. The molecule has 6 nitrogen and oxygen atoms in total. The molecule has 0 atom stereocenters. The SMILES string of the molecule is CCOc1cc(/C=C2\SC(=S)N(CCCC(=O)OC)C2=O)cc(Br)c1OCc1ccccc1Cl. The Bertz CT molecular complexity index is 1120. The number of carbonyl (C=O) groups excluding carboxylic acids is 2. The third-order valence-corrected chi connectivity index (χ3v) is 7.16. The van der Waals surface area contributed by atoms with E-state index >= 15 is 0 Å². The smallest absolute Gasteiger partial charge is 0.305 e. The Balaban J connectivity index is 1.78. The lowest BCUT2D eigenvalue weighted by molar-refractivity contribution is -0.141. The van der Waals surface area contributed by atoms with E-state index in [1.165, 1.54) is 23.8 Å². The van der Waals surface area contributed by atoms with E-state index in [4.69, 9.17) is 33.3 Å². The van der Waals surface area contributed by atoms with Crippen molar-refractivity contribution in [3.63, 3.8) is 0 Å². The highest BCUT2D eigenvalue weighted by molar-refractivity contribution is 9.10. The molecule has 1 fully saturated rings. The molecule has 3 rings (SSSR count). The first kappa shape index (κ1) is 26.5. The summed E-state index contributed by atoms with van der Waals surface area (Å²) in [6.07, 6.45) is 2.47. The number of thioether (sulfide) groups is 1. The Morgan fingerprint density at radius 3 is 2.74 bits per heavy atom. The Kier molecular flexibility index (Phi) is 9.82. The van der Waals surface area contributed by atoms with E-state index < -0.39 is 0 Å². The van der Waals surface area contributed by atoms with Crippen LogP contribution in [0.1, 0.15) is 30.9 Å². The Morgan fingerprint density at radius 1 is 1.26 bits per heavy atom. The summed E-state index contributed by atoms with van der Waals surface area (Å²) in [5.74, 6) is 0.595. The number of nitrogens with zero attached hydrogens (tertiary/aromatic N) is 1. The summed E-state index contributed by atoms with van der Waals surface area (Å²) in [6, 6.07) is 11.2. The number of rotatable bonds is 10. The average Bonchev–Trinajstić information content (AvgIpc) is 3.07. The van der Waals surface area contributed by atoms with Crippen LogP contribution in [0.15, 0.2) is 45.8 Å². The molecular formula is C24H23BrClNO5S2. The zero-order valence-corrected chi connectivity index (χ0v) is 22.6. The van der Waals surface area contributed by atoms with Gasteiger partial charge in [0, 0.05) is 23.6 Å². The molecule has 2 aromatic rings. The molecule has 0 aromatic heterocycles. The maximum atomic E-state index is 12.9. The van der Waals surface area contributed by atoms with Crippen molar-refractivity contribution in [2.45, 2.75) is 26.4 Å². The van der Waals surface area contributed by atoms with Gasteiger partial charge in [0.05, 0.1) is 23.1 Å². The number of ether oxygens (including phenoxy) is 3. The second-order valence-corrected chi connectivity index (χ2v) is 10.1. The van der Waals surface area contributed by atoms with Crippen molar-refractivity contribution < 1.29 is 23.8 Å². The number of hydrogen-bond donors (Lipinski definition) is 0. The van der Waals surface area contributed by atoms with Crippen molar-refractivity contribution in [2.75, 3.05) is 20.3 Å². The van der Waals surface area contributed by atoms with Crippen LogP contribution in [0.2, 0.25) is 5.02 Å². The number of thiocarbonyl (C=S) groups is 1. The summed E-state index contributed by atoms with van der Waals surface area (Å²) in [5.41, 5.74) is 1.62. The van der Waals surface area contributed by atoms with Gasteiger partial charge >= 0.3 is 5.97 Å². The lowest BCUT2D eigenvalue weighted by Crippen LogP contribution is -2.29. The molecule has 10 heteroatoms. The number of carbonyl (C=O) groups is 2. The number of hydrogen-bond acceptors (Lipinski definition) is 7. The summed E-state index contributed by atoms with van der Waals surface area (Å²) in [6.45, 7) is 2.97. The summed E-state index contributed by atoms with van der Waals surface area (Å²) in [4.78, 5) is 26.2. The van der Waals surface area contributed by atoms with Gasteiger partial charge in [0.25, 0.3) is 5.91 Å². The normalized spacial score (nSPS) is 14.6. The van der Waals surface area contributed by atoms with E-state index in [0.29, 0.717) is 49.8 Å². The molecule has 0 unspecified atom stereocenters. The highest BCUT2D eigenvalue weighted by atomic mass is 79.9. The van der Waals surface area contributed by atoms with Crippen molar-refractivity contribution in [3.05, 3.63) is 61.9 Å². The van der Waals surface area contributed by atoms with Crippen LogP contribution in [0.25, 0.3) is 6.08 Å². The van der Waals surface area contributed by atoms with Gasteiger partial charge in [0.2, 0.25) is 0 Å². The molecule has 0 N–H and O–H groups in total. The first-order chi connectivity index (χ1) is 16.3. The fourth-order valence-electron chi connectivity index (χ4n) is 3.17. The molecule has 2 aromatic carbocycles. The molecule has 34 heavy (non-hydrogen) atoms. The molecule has 0 bridgehead atoms. The largest absolute Gasteiger partial charge is 0.490 e. The lowest BCUT2D eigenvalue weighted by Gasteiger charge is -2.15. The van der Waals surface area contributed by atoms with Gasteiger partial charge in [0.1, 0.15) is 10.9 Å². The maximum Gasteiger partial charge on any atom is 0.305 e. The van der Waals surface area contributed by atoms with E-state index in [0.717, 1.165) is 11.1 Å². The van der Waals surface area contributed by atoms with Gasteiger partial charge in [0.15, 0.2) is 11.5 Å². The minimum atomic E-state index is -0.314. The van der Waals surface area contributed by atoms with Crippen LogP contribution in [0, 0.1) is 0 Å². The van der Waals surface area contributed by atoms with Crippen molar-refractivity contribution in [1.82, 2.24) is 4.90 Å². The fourth-order valence-corrected chi connectivity index (χ4v) is 5.24.